The third kappa shape index (κ3) is 6.97. The van der Waals surface area contributed by atoms with Gasteiger partial charge in [0.05, 0.1) is 24.5 Å². The summed E-state index contributed by atoms with van der Waals surface area (Å²) >= 11 is 0. The highest BCUT2D eigenvalue weighted by Crippen LogP contribution is 2.15. The van der Waals surface area contributed by atoms with Crippen LogP contribution < -0.4 is 0 Å². The fourth-order valence-corrected chi connectivity index (χ4v) is 0.874. The van der Waals surface area contributed by atoms with Gasteiger partial charge < -0.3 is 9.47 Å². The monoisotopic (exact) mass is 244 g/mol. The van der Waals surface area contributed by atoms with Crippen LogP contribution in [0.1, 0.15) is 41.5 Å². The summed E-state index contributed by atoms with van der Waals surface area (Å²) in [6.45, 7) is 11.4. The zero-order valence-corrected chi connectivity index (χ0v) is 11.7. The Hall–Kier alpha value is -1.06. The SMILES string of the molecule is CC(COC(=O)C(C)C)COC(=O)C(C)(C)C. The van der Waals surface area contributed by atoms with E-state index >= 15 is 0 Å². The molecule has 4 heteroatoms. The fourth-order valence-electron chi connectivity index (χ4n) is 0.874. The predicted octanol–water partition coefficient (Wildman–Crippen LogP) is 2.41. The Morgan fingerprint density at radius 2 is 1.47 bits per heavy atom. The summed E-state index contributed by atoms with van der Waals surface area (Å²) in [5, 5.41) is 0. The summed E-state index contributed by atoms with van der Waals surface area (Å²) in [5.74, 6) is -0.568. The molecular weight excluding hydrogens is 220 g/mol. The first-order valence-corrected chi connectivity index (χ1v) is 5.98. The molecule has 0 radical (unpaired) electrons. The maximum atomic E-state index is 11.5. The van der Waals surface area contributed by atoms with Gasteiger partial charge in [0.15, 0.2) is 0 Å². The van der Waals surface area contributed by atoms with Crippen LogP contribution in [0.2, 0.25) is 0 Å². The number of hydrogen-bond acceptors (Lipinski definition) is 4. The minimum absolute atomic E-state index is 0.0176. The third-order valence-electron chi connectivity index (χ3n) is 2.09. The normalized spacial score (nSPS) is 13.4. The molecule has 0 N–H and O–H groups in total. The standard InChI is InChI=1S/C13H24O4/c1-9(2)11(14)16-7-10(3)8-17-12(15)13(4,5)6/h9-10H,7-8H2,1-6H3. The van der Waals surface area contributed by atoms with Crippen LogP contribution in [0.4, 0.5) is 0 Å². The van der Waals surface area contributed by atoms with Crippen molar-refractivity contribution in [3.8, 4) is 0 Å². The van der Waals surface area contributed by atoms with Crippen LogP contribution in [0.15, 0.2) is 0 Å². The largest absolute Gasteiger partial charge is 0.465 e. The lowest BCUT2D eigenvalue weighted by Crippen LogP contribution is -2.26. The first-order valence-electron chi connectivity index (χ1n) is 5.98. The molecule has 0 aromatic rings. The molecule has 0 aromatic carbocycles. The summed E-state index contributed by atoms with van der Waals surface area (Å²) in [7, 11) is 0. The summed E-state index contributed by atoms with van der Waals surface area (Å²) in [5.41, 5.74) is -0.492. The minimum atomic E-state index is -0.492. The average molecular weight is 244 g/mol. The molecule has 0 saturated carbocycles. The van der Waals surface area contributed by atoms with Crippen molar-refractivity contribution in [3.05, 3.63) is 0 Å². The second-order valence-electron chi connectivity index (χ2n) is 5.74. The number of carbonyl (C=O) groups is 2. The third-order valence-corrected chi connectivity index (χ3v) is 2.09. The van der Waals surface area contributed by atoms with Crippen molar-refractivity contribution >= 4 is 11.9 Å². The van der Waals surface area contributed by atoms with Gasteiger partial charge in [0.2, 0.25) is 0 Å². The second kappa shape index (κ2) is 6.62. The van der Waals surface area contributed by atoms with Gasteiger partial charge in [0.25, 0.3) is 0 Å². The highest BCUT2D eigenvalue weighted by Gasteiger charge is 2.23. The molecule has 17 heavy (non-hydrogen) atoms. The molecular formula is C13H24O4. The lowest BCUT2D eigenvalue weighted by Gasteiger charge is -2.19. The Labute approximate surface area is 104 Å². The van der Waals surface area contributed by atoms with Gasteiger partial charge in [-0.3, -0.25) is 9.59 Å². The number of esters is 2. The van der Waals surface area contributed by atoms with Crippen molar-refractivity contribution in [2.75, 3.05) is 13.2 Å². The van der Waals surface area contributed by atoms with E-state index in [-0.39, 0.29) is 37.0 Å². The van der Waals surface area contributed by atoms with Gasteiger partial charge in [-0.15, -0.1) is 0 Å². The van der Waals surface area contributed by atoms with Crippen LogP contribution in [0, 0.1) is 17.3 Å². The molecule has 1 unspecified atom stereocenters. The molecule has 1 atom stereocenters. The second-order valence-corrected chi connectivity index (χ2v) is 5.74. The smallest absolute Gasteiger partial charge is 0.311 e. The van der Waals surface area contributed by atoms with Crippen molar-refractivity contribution in [1.82, 2.24) is 0 Å². The van der Waals surface area contributed by atoms with Gasteiger partial charge in [-0.25, -0.2) is 0 Å². The summed E-state index contributed by atoms with van der Waals surface area (Å²) in [6, 6.07) is 0. The Morgan fingerprint density at radius 3 is 1.88 bits per heavy atom. The Morgan fingerprint density at radius 1 is 1.00 bits per heavy atom. The Balaban J connectivity index is 3.85. The molecule has 100 valence electrons. The zero-order valence-electron chi connectivity index (χ0n) is 11.7. The van der Waals surface area contributed by atoms with E-state index in [9.17, 15) is 9.59 Å². The van der Waals surface area contributed by atoms with Gasteiger partial charge >= 0.3 is 11.9 Å². The van der Waals surface area contributed by atoms with E-state index in [1.165, 1.54) is 0 Å². The van der Waals surface area contributed by atoms with E-state index < -0.39 is 5.41 Å². The van der Waals surface area contributed by atoms with Crippen molar-refractivity contribution in [2.45, 2.75) is 41.5 Å². The molecule has 0 amide bonds. The van der Waals surface area contributed by atoms with E-state index in [0.29, 0.717) is 0 Å². The van der Waals surface area contributed by atoms with Crippen molar-refractivity contribution < 1.29 is 19.1 Å². The summed E-state index contributed by atoms with van der Waals surface area (Å²) in [4.78, 5) is 22.7. The molecule has 0 aliphatic carbocycles. The maximum Gasteiger partial charge on any atom is 0.311 e. The lowest BCUT2D eigenvalue weighted by molar-refractivity contribution is -0.156. The Kier molecular flexibility index (Phi) is 6.21. The van der Waals surface area contributed by atoms with E-state index in [0.717, 1.165) is 0 Å². The van der Waals surface area contributed by atoms with Crippen LogP contribution in [0.5, 0.6) is 0 Å². The van der Waals surface area contributed by atoms with Crippen molar-refractivity contribution in [1.29, 1.82) is 0 Å². The average Bonchev–Trinajstić information content (AvgIpc) is 2.20. The van der Waals surface area contributed by atoms with Gasteiger partial charge in [-0.05, 0) is 20.8 Å². The van der Waals surface area contributed by atoms with Gasteiger partial charge in [0, 0.05) is 5.92 Å². The minimum Gasteiger partial charge on any atom is -0.465 e. The first kappa shape index (κ1) is 15.9. The quantitative estimate of drug-likeness (QED) is 0.697. The number of hydrogen-bond donors (Lipinski definition) is 0. The van der Waals surface area contributed by atoms with Crippen molar-refractivity contribution in [2.24, 2.45) is 17.3 Å². The van der Waals surface area contributed by atoms with Crippen LogP contribution in [-0.4, -0.2) is 25.2 Å². The molecule has 0 aromatic heterocycles. The van der Waals surface area contributed by atoms with Crippen LogP contribution in [-0.2, 0) is 19.1 Å². The van der Waals surface area contributed by atoms with Crippen LogP contribution >= 0.6 is 0 Å². The number of ether oxygens (including phenoxy) is 2. The molecule has 0 bridgehead atoms. The lowest BCUT2D eigenvalue weighted by atomic mass is 9.97. The van der Waals surface area contributed by atoms with E-state index in [2.05, 4.69) is 0 Å². The van der Waals surface area contributed by atoms with E-state index in [4.69, 9.17) is 9.47 Å². The maximum absolute atomic E-state index is 11.5. The van der Waals surface area contributed by atoms with Gasteiger partial charge in [-0.2, -0.15) is 0 Å². The van der Waals surface area contributed by atoms with Crippen LogP contribution in [0.25, 0.3) is 0 Å². The number of rotatable bonds is 5. The topological polar surface area (TPSA) is 52.6 Å². The molecule has 4 nitrogen and oxygen atoms in total. The molecule has 0 rings (SSSR count). The summed E-state index contributed by atoms with van der Waals surface area (Å²) in [6.07, 6.45) is 0. The van der Waals surface area contributed by atoms with E-state index in [1.807, 2.05) is 6.92 Å². The highest BCUT2D eigenvalue weighted by molar-refractivity contribution is 5.75. The van der Waals surface area contributed by atoms with E-state index in [1.54, 1.807) is 34.6 Å². The molecule has 0 aliphatic rings. The predicted molar refractivity (Wildman–Crippen MR) is 65.4 cm³/mol. The molecule has 0 fully saturated rings. The molecule has 0 aliphatic heterocycles. The van der Waals surface area contributed by atoms with Crippen molar-refractivity contribution in [3.63, 3.8) is 0 Å². The van der Waals surface area contributed by atoms with Gasteiger partial charge in [0.1, 0.15) is 0 Å². The zero-order chi connectivity index (χ0) is 13.6. The Bertz CT molecular complexity index is 263. The molecule has 0 heterocycles. The molecule has 0 saturated heterocycles. The molecule has 0 spiro atoms. The van der Waals surface area contributed by atoms with Crippen LogP contribution in [0.3, 0.4) is 0 Å². The first-order chi connectivity index (χ1) is 7.64. The summed E-state index contributed by atoms with van der Waals surface area (Å²) < 4.78 is 10.2. The fraction of sp³-hybridized carbons (Fsp3) is 0.846. The highest BCUT2D eigenvalue weighted by atomic mass is 16.5. The number of carbonyl (C=O) groups excluding carboxylic acids is 2. The van der Waals surface area contributed by atoms with Gasteiger partial charge in [-0.1, -0.05) is 20.8 Å².